The van der Waals surface area contributed by atoms with Gasteiger partial charge in [-0.2, -0.15) is 0 Å². The summed E-state index contributed by atoms with van der Waals surface area (Å²) >= 11 is 0. The molecule has 0 heterocycles. The van der Waals surface area contributed by atoms with Crippen molar-refractivity contribution in [3.63, 3.8) is 0 Å². The minimum Gasteiger partial charge on any atom is -0.516 e. The summed E-state index contributed by atoms with van der Waals surface area (Å²) in [5.41, 5.74) is 1.95. The lowest BCUT2D eigenvalue weighted by atomic mass is 10.1. The quantitative estimate of drug-likeness (QED) is 0.550. The molecule has 0 aliphatic heterocycles. The van der Waals surface area contributed by atoms with Crippen molar-refractivity contribution in [3.05, 3.63) is 65.7 Å². The van der Waals surface area contributed by atoms with Crippen LogP contribution in [-0.2, 0) is 15.3 Å². The maximum absolute atomic E-state index is 12.2. The molecule has 0 aromatic heterocycles. The fourth-order valence-corrected chi connectivity index (χ4v) is 4.53. The van der Waals surface area contributed by atoms with Crippen molar-refractivity contribution in [2.24, 2.45) is 0 Å². The van der Waals surface area contributed by atoms with Crippen LogP contribution in [0, 0.1) is 0 Å². The van der Waals surface area contributed by atoms with Gasteiger partial charge < -0.3 is 13.9 Å². The smallest absolute Gasteiger partial charge is 0.317 e. The summed E-state index contributed by atoms with van der Waals surface area (Å²) < 4.78 is 16.4. The third-order valence-electron chi connectivity index (χ3n) is 3.68. The van der Waals surface area contributed by atoms with Crippen LogP contribution in [0.3, 0.4) is 0 Å². The number of hydrogen-bond acceptors (Lipinski definition) is 4. The molecular formula is C20H24O4Si. The highest BCUT2D eigenvalue weighted by atomic mass is 28.4. The van der Waals surface area contributed by atoms with Crippen molar-refractivity contribution in [1.29, 1.82) is 0 Å². The van der Waals surface area contributed by atoms with E-state index in [2.05, 4.69) is 12.1 Å². The predicted octanol–water partition coefficient (Wildman–Crippen LogP) is 4.25. The number of carbonyl (C=O) groups excluding carboxylic acids is 1. The molecule has 2 rings (SSSR count). The lowest BCUT2D eigenvalue weighted by molar-refractivity contribution is -0.129. The molecule has 25 heavy (non-hydrogen) atoms. The predicted molar refractivity (Wildman–Crippen MR) is 102 cm³/mol. The van der Waals surface area contributed by atoms with Gasteiger partial charge in [0, 0.05) is 17.7 Å². The molecule has 0 N–H and O–H groups in total. The summed E-state index contributed by atoms with van der Waals surface area (Å²) in [7, 11) is 1.01. The number of carbonyl (C=O) groups is 1. The van der Waals surface area contributed by atoms with E-state index in [1.54, 1.807) is 20.3 Å². The molecule has 0 fully saturated rings. The number of hydrogen-bond donors (Lipinski definition) is 0. The molecule has 0 unspecified atom stereocenters. The molecule has 0 atom stereocenters. The van der Waals surface area contributed by atoms with Crippen molar-refractivity contribution in [1.82, 2.24) is 0 Å². The second kappa shape index (κ2) is 8.53. The first kappa shape index (κ1) is 18.8. The average Bonchev–Trinajstić information content (AvgIpc) is 2.59. The molecule has 0 spiro atoms. The number of benzene rings is 2. The molecule has 0 radical (unpaired) electrons. The van der Waals surface area contributed by atoms with Crippen molar-refractivity contribution in [3.8, 4) is 11.5 Å². The minimum atomic E-state index is -2.14. The van der Waals surface area contributed by atoms with Crippen LogP contribution in [-0.4, -0.2) is 28.5 Å². The van der Waals surface area contributed by atoms with Crippen LogP contribution in [0.5, 0.6) is 11.5 Å². The van der Waals surface area contributed by atoms with Crippen molar-refractivity contribution in [2.45, 2.75) is 19.1 Å². The van der Waals surface area contributed by atoms with Gasteiger partial charge >= 0.3 is 5.97 Å². The largest absolute Gasteiger partial charge is 0.516 e. The zero-order valence-electron chi connectivity index (χ0n) is 15.1. The normalized spacial score (nSPS) is 11.4. The van der Waals surface area contributed by atoms with Crippen LogP contribution in [0.1, 0.15) is 11.1 Å². The van der Waals surface area contributed by atoms with Crippen LogP contribution in [0.4, 0.5) is 0 Å². The van der Waals surface area contributed by atoms with Crippen LogP contribution < -0.4 is 9.47 Å². The van der Waals surface area contributed by atoms with Gasteiger partial charge in [-0.1, -0.05) is 42.5 Å². The first-order valence-electron chi connectivity index (χ1n) is 8.11. The first-order valence-corrected chi connectivity index (χ1v) is 11.2. The van der Waals surface area contributed by atoms with E-state index < -0.39 is 8.32 Å². The fourth-order valence-electron chi connectivity index (χ4n) is 2.63. The third kappa shape index (κ3) is 5.50. The van der Waals surface area contributed by atoms with Crippen LogP contribution in [0.2, 0.25) is 13.1 Å². The highest BCUT2D eigenvalue weighted by Gasteiger charge is 2.26. The minimum absolute atomic E-state index is 0.336. The summed E-state index contributed by atoms with van der Waals surface area (Å²) in [5, 5.41) is 0. The Morgan fingerprint density at radius 1 is 1.00 bits per heavy atom. The number of methoxy groups -OCH3 is 2. The molecule has 2 aromatic rings. The average molecular weight is 356 g/mol. The molecule has 4 nitrogen and oxygen atoms in total. The Morgan fingerprint density at radius 2 is 1.72 bits per heavy atom. The van der Waals surface area contributed by atoms with E-state index in [1.807, 2.05) is 49.5 Å². The van der Waals surface area contributed by atoms with E-state index in [-0.39, 0.29) is 5.97 Å². The van der Waals surface area contributed by atoms with Gasteiger partial charge in [-0.3, -0.25) is 0 Å². The van der Waals surface area contributed by atoms with E-state index >= 15 is 0 Å². The Labute approximate surface area is 150 Å². The summed E-state index contributed by atoms with van der Waals surface area (Å²) in [6, 6.07) is 16.4. The third-order valence-corrected chi connectivity index (χ3v) is 5.70. The first-order chi connectivity index (χ1) is 11.9. The second-order valence-corrected chi connectivity index (χ2v) is 10.3. The number of rotatable bonds is 7. The SMILES string of the molecule is COc1cccc(/C=C/C(=O)O[Si](C)(C)Cc2ccccc2)c1OC. The maximum Gasteiger partial charge on any atom is 0.317 e. The van der Waals surface area contributed by atoms with Gasteiger partial charge in [0.25, 0.3) is 8.32 Å². The van der Waals surface area contributed by atoms with Gasteiger partial charge in [-0.25, -0.2) is 4.79 Å². The van der Waals surface area contributed by atoms with E-state index in [9.17, 15) is 4.79 Å². The van der Waals surface area contributed by atoms with Crippen LogP contribution >= 0.6 is 0 Å². The maximum atomic E-state index is 12.2. The second-order valence-electron chi connectivity index (χ2n) is 6.26. The van der Waals surface area contributed by atoms with Gasteiger partial charge in [-0.05, 0) is 30.8 Å². The summed E-state index contributed by atoms with van der Waals surface area (Å²) in [4.78, 5) is 12.2. The van der Waals surface area contributed by atoms with Crippen LogP contribution in [0.25, 0.3) is 6.08 Å². The highest BCUT2D eigenvalue weighted by Crippen LogP contribution is 2.31. The van der Waals surface area contributed by atoms with Crippen molar-refractivity contribution >= 4 is 20.4 Å². The van der Waals surface area contributed by atoms with E-state index in [0.717, 1.165) is 11.6 Å². The molecular weight excluding hydrogens is 332 g/mol. The van der Waals surface area contributed by atoms with Gasteiger partial charge in [0.2, 0.25) is 0 Å². The zero-order chi connectivity index (χ0) is 18.3. The molecule has 0 saturated carbocycles. The van der Waals surface area contributed by atoms with Crippen molar-refractivity contribution in [2.75, 3.05) is 14.2 Å². The summed E-state index contributed by atoms with van der Waals surface area (Å²) in [5.74, 6) is 0.879. The standard InChI is InChI=1S/C20H24O4Si/c1-22-18-12-8-11-17(20(18)23-2)13-14-19(21)24-25(3,4)15-16-9-6-5-7-10-16/h5-14H,15H2,1-4H3/b14-13+. The van der Waals surface area contributed by atoms with Gasteiger partial charge in [0.05, 0.1) is 14.2 Å². The van der Waals surface area contributed by atoms with Gasteiger partial charge in [-0.15, -0.1) is 0 Å². The number of ether oxygens (including phenoxy) is 2. The lowest BCUT2D eigenvalue weighted by Crippen LogP contribution is -2.35. The Hall–Kier alpha value is -2.53. The molecule has 0 saturated heterocycles. The monoisotopic (exact) mass is 356 g/mol. The van der Waals surface area contributed by atoms with E-state index in [4.69, 9.17) is 13.9 Å². The molecule has 132 valence electrons. The Bertz CT molecular complexity index is 739. The van der Waals surface area contributed by atoms with E-state index in [0.29, 0.717) is 11.5 Å². The lowest BCUT2D eigenvalue weighted by Gasteiger charge is -2.22. The van der Waals surface area contributed by atoms with Crippen LogP contribution in [0.15, 0.2) is 54.6 Å². The fraction of sp³-hybridized carbons (Fsp3) is 0.250. The zero-order valence-corrected chi connectivity index (χ0v) is 16.1. The molecule has 0 aliphatic rings. The summed E-state index contributed by atoms with van der Waals surface area (Å²) in [6.07, 6.45) is 3.13. The van der Waals surface area contributed by atoms with Gasteiger partial charge in [0.1, 0.15) is 0 Å². The van der Waals surface area contributed by atoms with Crippen molar-refractivity contribution < 1.29 is 18.7 Å². The molecule has 0 aliphatic carbocycles. The summed E-state index contributed by atoms with van der Waals surface area (Å²) in [6.45, 7) is 4.08. The van der Waals surface area contributed by atoms with E-state index in [1.165, 1.54) is 11.6 Å². The molecule has 5 heteroatoms. The Morgan fingerprint density at radius 3 is 2.36 bits per heavy atom. The Kier molecular flexibility index (Phi) is 6.42. The molecule has 0 amide bonds. The molecule has 0 bridgehead atoms. The Balaban J connectivity index is 2.05. The van der Waals surface area contributed by atoms with Gasteiger partial charge in [0.15, 0.2) is 11.5 Å². The highest BCUT2D eigenvalue weighted by molar-refractivity contribution is 6.72. The number of para-hydroxylation sites is 1. The topological polar surface area (TPSA) is 44.8 Å². The molecule has 2 aromatic carbocycles.